The lowest BCUT2D eigenvalue weighted by atomic mass is 9.72. The van der Waals surface area contributed by atoms with Gasteiger partial charge in [-0.3, -0.25) is 0 Å². The summed E-state index contributed by atoms with van der Waals surface area (Å²) in [5, 5.41) is -0.712. The summed E-state index contributed by atoms with van der Waals surface area (Å²) in [7, 11) is -6.57. The fourth-order valence-corrected chi connectivity index (χ4v) is 7.18. The second-order valence-electron chi connectivity index (χ2n) is 10.1. The van der Waals surface area contributed by atoms with E-state index in [2.05, 4.69) is 45.9 Å². The third kappa shape index (κ3) is 6.80. The molecule has 2 aliphatic carbocycles. The summed E-state index contributed by atoms with van der Waals surface area (Å²) in [6, 6.07) is 8.32. The maximum absolute atomic E-state index is 12.8. The van der Waals surface area contributed by atoms with Gasteiger partial charge >= 0.3 is 0 Å². The van der Waals surface area contributed by atoms with Crippen LogP contribution in [-0.4, -0.2) is 40.4 Å². The summed E-state index contributed by atoms with van der Waals surface area (Å²) in [6.07, 6.45) is 14.5. The van der Waals surface area contributed by atoms with Gasteiger partial charge in [0, 0.05) is 18.5 Å². The van der Waals surface area contributed by atoms with Crippen LogP contribution in [0, 0.1) is 0 Å². The van der Waals surface area contributed by atoms with E-state index >= 15 is 0 Å². The number of allylic oxidation sites excluding steroid dienone is 4. The SMILES string of the molecule is CC(CNS(=O)(=O)C(C)C)c1ccc(C2(CCNS(=O)(=O)C3CCCCC3)C=CC=CC2)cc1. The van der Waals surface area contributed by atoms with Crippen molar-refractivity contribution in [3.8, 4) is 0 Å². The first-order valence-corrected chi connectivity index (χ1v) is 15.6. The standard InChI is InChI=1S/C26H40N2O4S2/c1-21(2)33(29,30)28-20-22(3)23-12-14-24(15-13-23)26(16-8-5-9-17-26)18-19-27-34(31,32)25-10-6-4-7-11-25/h5,8-9,12-16,21-22,25,27-28H,4,6-7,10-11,17-20H2,1-3H3. The maximum Gasteiger partial charge on any atom is 0.214 e. The Hall–Kier alpha value is -1.48. The molecular weight excluding hydrogens is 468 g/mol. The second kappa shape index (κ2) is 11.5. The van der Waals surface area contributed by atoms with Crippen LogP contribution < -0.4 is 9.44 Å². The van der Waals surface area contributed by atoms with Crippen LogP contribution in [0.15, 0.2) is 48.6 Å². The van der Waals surface area contributed by atoms with Crippen LogP contribution in [-0.2, 0) is 25.5 Å². The summed E-state index contributed by atoms with van der Waals surface area (Å²) >= 11 is 0. The molecule has 1 aromatic carbocycles. The maximum atomic E-state index is 12.8. The van der Waals surface area contributed by atoms with Gasteiger partial charge in [0.1, 0.15) is 0 Å². The average molecular weight is 509 g/mol. The molecule has 34 heavy (non-hydrogen) atoms. The molecule has 1 saturated carbocycles. The number of benzene rings is 1. The van der Waals surface area contributed by atoms with Crippen LogP contribution in [0.25, 0.3) is 0 Å². The molecule has 8 heteroatoms. The van der Waals surface area contributed by atoms with Crippen LogP contribution in [0.4, 0.5) is 0 Å². The molecule has 0 saturated heterocycles. The highest BCUT2D eigenvalue weighted by Gasteiger charge is 2.32. The molecule has 1 fully saturated rings. The molecule has 0 bridgehead atoms. The van der Waals surface area contributed by atoms with Crippen molar-refractivity contribution in [1.82, 2.24) is 9.44 Å². The van der Waals surface area contributed by atoms with Crippen molar-refractivity contribution in [1.29, 1.82) is 0 Å². The number of hydrogen-bond donors (Lipinski definition) is 2. The smallest absolute Gasteiger partial charge is 0.214 e. The van der Waals surface area contributed by atoms with E-state index in [1.54, 1.807) is 13.8 Å². The lowest BCUT2D eigenvalue weighted by molar-refractivity contribution is 0.463. The Morgan fingerprint density at radius 3 is 2.21 bits per heavy atom. The van der Waals surface area contributed by atoms with Crippen molar-refractivity contribution in [3.05, 3.63) is 59.7 Å². The Labute approximate surface area is 206 Å². The Balaban J connectivity index is 1.66. The zero-order valence-corrected chi connectivity index (χ0v) is 22.3. The van der Waals surface area contributed by atoms with E-state index in [1.165, 1.54) is 0 Å². The minimum atomic E-state index is -3.29. The molecule has 2 unspecified atom stereocenters. The summed E-state index contributed by atoms with van der Waals surface area (Å²) in [5.74, 6) is 0.0441. The van der Waals surface area contributed by atoms with Gasteiger partial charge in [-0.1, -0.05) is 74.8 Å². The minimum absolute atomic E-state index is 0.0441. The van der Waals surface area contributed by atoms with Gasteiger partial charge in [-0.05, 0) is 56.6 Å². The molecule has 0 aliphatic heterocycles. The second-order valence-corrected chi connectivity index (χ2v) is 14.4. The molecule has 3 rings (SSSR count). The molecule has 2 atom stereocenters. The molecule has 0 aromatic heterocycles. The zero-order valence-electron chi connectivity index (χ0n) is 20.7. The van der Waals surface area contributed by atoms with E-state index in [-0.39, 0.29) is 16.6 Å². The monoisotopic (exact) mass is 508 g/mol. The fraction of sp³-hybridized carbons (Fsp3) is 0.615. The molecule has 2 aliphatic rings. The van der Waals surface area contributed by atoms with Crippen LogP contribution in [0.5, 0.6) is 0 Å². The summed E-state index contributed by atoms with van der Waals surface area (Å²) in [5.41, 5.74) is 1.95. The minimum Gasteiger partial charge on any atom is -0.215 e. The Kier molecular flexibility index (Phi) is 9.17. The van der Waals surface area contributed by atoms with Crippen LogP contribution in [0.3, 0.4) is 0 Å². The van der Waals surface area contributed by atoms with Crippen molar-refractivity contribution in [2.45, 2.75) is 87.5 Å². The number of sulfonamides is 2. The van der Waals surface area contributed by atoms with Gasteiger partial charge < -0.3 is 0 Å². The molecule has 0 heterocycles. The summed E-state index contributed by atoms with van der Waals surface area (Å²) in [6.45, 7) is 6.12. The normalized spacial score (nSPS) is 22.8. The van der Waals surface area contributed by atoms with Crippen LogP contribution in [0.2, 0.25) is 0 Å². The molecule has 6 nitrogen and oxygen atoms in total. The largest absolute Gasteiger partial charge is 0.215 e. The topological polar surface area (TPSA) is 92.3 Å². The van der Waals surface area contributed by atoms with Gasteiger partial charge in [-0.15, -0.1) is 0 Å². The molecule has 1 aromatic rings. The molecule has 190 valence electrons. The highest BCUT2D eigenvalue weighted by Crippen LogP contribution is 2.36. The predicted molar refractivity (Wildman–Crippen MR) is 140 cm³/mol. The van der Waals surface area contributed by atoms with Crippen LogP contribution >= 0.6 is 0 Å². The Bertz CT molecular complexity index is 1070. The van der Waals surface area contributed by atoms with Gasteiger partial charge in [-0.25, -0.2) is 26.3 Å². The fourth-order valence-electron chi connectivity index (χ4n) is 4.79. The summed E-state index contributed by atoms with van der Waals surface area (Å²) < 4.78 is 55.3. The summed E-state index contributed by atoms with van der Waals surface area (Å²) in [4.78, 5) is 0. The van der Waals surface area contributed by atoms with Gasteiger partial charge in [0.2, 0.25) is 20.0 Å². The van der Waals surface area contributed by atoms with Crippen molar-refractivity contribution in [2.24, 2.45) is 0 Å². The molecule has 2 N–H and O–H groups in total. The third-order valence-corrected chi connectivity index (χ3v) is 11.0. The van der Waals surface area contributed by atoms with E-state index in [0.29, 0.717) is 19.5 Å². The van der Waals surface area contributed by atoms with E-state index in [1.807, 2.05) is 19.1 Å². The Morgan fingerprint density at radius 1 is 0.941 bits per heavy atom. The van der Waals surface area contributed by atoms with Gasteiger partial charge in [0.15, 0.2) is 0 Å². The van der Waals surface area contributed by atoms with Crippen LogP contribution in [0.1, 0.15) is 82.8 Å². The lowest BCUT2D eigenvalue weighted by Gasteiger charge is -2.33. The van der Waals surface area contributed by atoms with E-state index in [9.17, 15) is 16.8 Å². The Morgan fingerprint density at radius 2 is 1.62 bits per heavy atom. The van der Waals surface area contributed by atoms with E-state index < -0.39 is 25.3 Å². The number of hydrogen-bond acceptors (Lipinski definition) is 4. The lowest BCUT2D eigenvalue weighted by Crippen LogP contribution is -2.38. The quantitative estimate of drug-likeness (QED) is 0.460. The number of rotatable bonds is 11. The first-order chi connectivity index (χ1) is 16.1. The van der Waals surface area contributed by atoms with Gasteiger partial charge in [0.25, 0.3) is 0 Å². The van der Waals surface area contributed by atoms with Crippen molar-refractivity contribution in [3.63, 3.8) is 0 Å². The van der Waals surface area contributed by atoms with E-state index in [4.69, 9.17) is 0 Å². The van der Waals surface area contributed by atoms with Gasteiger partial charge in [-0.2, -0.15) is 0 Å². The van der Waals surface area contributed by atoms with E-state index in [0.717, 1.165) is 49.7 Å². The average Bonchev–Trinajstić information content (AvgIpc) is 2.83. The molecular formula is C26H40N2O4S2. The first-order valence-electron chi connectivity index (χ1n) is 12.5. The first kappa shape index (κ1) is 27.1. The van der Waals surface area contributed by atoms with Crippen molar-refractivity contribution >= 4 is 20.0 Å². The van der Waals surface area contributed by atoms with Crippen molar-refractivity contribution in [2.75, 3.05) is 13.1 Å². The molecule has 0 radical (unpaired) electrons. The highest BCUT2D eigenvalue weighted by molar-refractivity contribution is 7.90. The highest BCUT2D eigenvalue weighted by atomic mass is 32.2. The predicted octanol–water partition coefficient (Wildman–Crippen LogP) is 4.51. The van der Waals surface area contributed by atoms with Crippen molar-refractivity contribution < 1.29 is 16.8 Å². The number of nitrogens with one attached hydrogen (secondary N) is 2. The molecule has 0 spiro atoms. The molecule has 0 amide bonds. The third-order valence-electron chi connectivity index (χ3n) is 7.28. The van der Waals surface area contributed by atoms with Gasteiger partial charge in [0.05, 0.1) is 10.5 Å². The zero-order chi connectivity index (χ0) is 24.8.